The van der Waals surface area contributed by atoms with E-state index in [0.717, 1.165) is 10.2 Å². The van der Waals surface area contributed by atoms with Crippen molar-refractivity contribution in [2.45, 2.75) is 32.9 Å². The Morgan fingerprint density at radius 2 is 2.12 bits per heavy atom. The minimum atomic E-state index is -0.803. The number of halogens is 1. The summed E-state index contributed by atoms with van der Waals surface area (Å²) in [6.45, 7) is 5.89. The van der Waals surface area contributed by atoms with Crippen molar-refractivity contribution in [3.05, 3.63) is 40.0 Å². The van der Waals surface area contributed by atoms with Gasteiger partial charge < -0.3 is 9.52 Å². The molecule has 2 aromatic rings. The first kappa shape index (κ1) is 12.4. The Morgan fingerprint density at radius 1 is 1.41 bits per heavy atom. The molecule has 2 aromatic heterocycles. The number of nitrogens with zero attached hydrogens (tertiary/aromatic N) is 2. The molecule has 0 radical (unpaired) electrons. The molecule has 92 valence electrons. The average Bonchev–Trinajstić information content (AvgIpc) is 2.83. The van der Waals surface area contributed by atoms with Crippen molar-refractivity contribution >= 4 is 15.9 Å². The second kappa shape index (κ2) is 4.66. The van der Waals surface area contributed by atoms with Gasteiger partial charge in [-0.15, -0.1) is 0 Å². The molecule has 0 aromatic carbocycles. The lowest BCUT2D eigenvalue weighted by Gasteiger charge is -2.15. The number of hydrogen-bond donors (Lipinski definition) is 1. The van der Waals surface area contributed by atoms with E-state index >= 15 is 0 Å². The summed E-state index contributed by atoms with van der Waals surface area (Å²) in [4.78, 5) is 0. The number of aliphatic hydroxyl groups excluding tert-OH is 1. The van der Waals surface area contributed by atoms with E-state index in [9.17, 15) is 5.11 Å². The predicted molar refractivity (Wildman–Crippen MR) is 67.8 cm³/mol. The molecule has 0 saturated heterocycles. The molecular weight excluding hydrogens is 284 g/mol. The van der Waals surface area contributed by atoms with Gasteiger partial charge in [0.15, 0.2) is 6.10 Å². The number of aryl methyl sites for hydroxylation is 1. The zero-order chi connectivity index (χ0) is 12.6. The molecule has 0 aliphatic carbocycles. The molecular formula is C12H15BrN2O2. The summed E-state index contributed by atoms with van der Waals surface area (Å²) in [5, 5.41) is 14.6. The summed E-state index contributed by atoms with van der Waals surface area (Å²) in [5.74, 6) is 1.32. The molecule has 1 unspecified atom stereocenters. The van der Waals surface area contributed by atoms with E-state index in [-0.39, 0.29) is 6.04 Å². The van der Waals surface area contributed by atoms with Crippen molar-refractivity contribution < 1.29 is 9.52 Å². The lowest BCUT2D eigenvalue weighted by Crippen LogP contribution is -2.12. The molecule has 0 aliphatic rings. The van der Waals surface area contributed by atoms with Crippen molar-refractivity contribution in [1.82, 2.24) is 9.78 Å². The third kappa shape index (κ3) is 2.30. The summed E-state index contributed by atoms with van der Waals surface area (Å²) in [5.41, 5.74) is 0.717. The molecule has 0 bridgehead atoms. The molecule has 0 fully saturated rings. The fourth-order valence-electron chi connectivity index (χ4n) is 1.75. The molecule has 1 N–H and O–H groups in total. The third-order valence-electron chi connectivity index (χ3n) is 2.57. The molecule has 1 atom stereocenters. The van der Waals surface area contributed by atoms with Crippen LogP contribution in [0.3, 0.4) is 0 Å². The van der Waals surface area contributed by atoms with Crippen LogP contribution in [0, 0.1) is 6.92 Å². The Balaban J connectivity index is 2.43. The minimum absolute atomic E-state index is 0.182. The van der Waals surface area contributed by atoms with Crippen LogP contribution >= 0.6 is 15.9 Å². The van der Waals surface area contributed by atoms with Gasteiger partial charge in [0.25, 0.3) is 0 Å². The summed E-state index contributed by atoms with van der Waals surface area (Å²) in [6, 6.07) is 3.80. The molecule has 4 nitrogen and oxygen atoms in total. The van der Waals surface area contributed by atoms with Gasteiger partial charge in [-0.3, -0.25) is 4.68 Å². The molecule has 0 spiro atoms. The van der Waals surface area contributed by atoms with Gasteiger partial charge in [-0.2, -0.15) is 5.10 Å². The first-order valence-corrected chi connectivity index (χ1v) is 6.27. The molecule has 0 aliphatic heterocycles. The van der Waals surface area contributed by atoms with Gasteiger partial charge >= 0.3 is 0 Å². The Morgan fingerprint density at radius 3 is 2.65 bits per heavy atom. The maximum atomic E-state index is 10.3. The molecule has 5 heteroatoms. The third-order valence-corrected chi connectivity index (χ3v) is 3.18. The Hall–Kier alpha value is -1.07. The van der Waals surface area contributed by atoms with Crippen molar-refractivity contribution in [1.29, 1.82) is 0 Å². The zero-order valence-electron chi connectivity index (χ0n) is 10.0. The summed E-state index contributed by atoms with van der Waals surface area (Å²) in [6.07, 6.45) is 0.886. The lowest BCUT2D eigenvalue weighted by molar-refractivity contribution is 0.174. The first-order chi connectivity index (χ1) is 8.00. The molecule has 17 heavy (non-hydrogen) atoms. The second-order valence-corrected chi connectivity index (χ2v) is 5.12. The van der Waals surface area contributed by atoms with Crippen LogP contribution in [0.4, 0.5) is 0 Å². The summed E-state index contributed by atoms with van der Waals surface area (Å²) < 4.78 is 8.02. The predicted octanol–water partition coefficient (Wildman–Crippen LogP) is 3.21. The monoisotopic (exact) mass is 298 g/mol. The van der Waals surface area contributed by atoms with E-state index < -0.39 is 6.10 Å². The quantitative estimate of drug-likeness (QED) is 0.946. The van der Waals surface area contributed by atoms with Crippen LogP contribution in [0.25, 0.3) is 0 Å². The maximum absolute atomic E-state index is 10.3. The van der Waals surface area contributed by atoms with Gasteiger partial charge in [0.05, 0.1) is 16.4 Å². The Labute approximate surface area is 108 Å². The summed E-state index contributed by atoms with van der Waals surface area (Å²) in [7, 11) is 0. The highest BCUT2D eigenvalue weighted by molar-refractivity contribution is 9.10. The van der Waals surface area contributed by atoms with E-state index in [1.54, 1.807) is 16.9 Å². The zero-order valence-corrected chi connectivity index (χ0v) is 11.6. The van der Waals surface area contributed by atoms with Crippen molar-refractivity contribution in [3.63, 3.8) is 0 Å². The Kier molecular flexibility index (Phi) is 3.40. The normalized spacial score (nSPS) is 13.3. The fraction of sp³-hybridized carbons (Fsp3) is 0.417. The Bertz CT molecular complexity index is 516. The topological polar surface area (TPSA) is 51.2 Å². The van der Waals surface area contributed by atoms with Gasteiger partial charge in [-0.25, -0.2) is 0 Å². The van der Waals surface area contributed by atoms with Crippen molar-refractivity contribution in [2.75, 3.05) is 0 Å². The fourth-order valence-corrected chi connectivity index (χ4v) is 2.24. The molecule has 0 saturated carbocycles. The highest BCUT2D eigenvalue weighted by atomic mass is 79.9. The number of furan rings is 1. The number of aliphatic hydroxyl groups is 1. The number of aromatic nitrogens is 2. The molecule has 2 heterocycles. The smallest absolute Gasteiger partial charge is 0.154 e. The van der Waals surface area contributed by atoms with Crippen molar-refractivity contribution in [3.8, 4) is 0 Å². The summed E-state index contributed by atoms with van der Waals surface area (Å²) >= 11 is 3.41. The van der Waals surface area contributed by atoms with E-state index in [1.807, 2.05) is 26.8 Å². The lowest BCUT2D eigenvalue weighted by atomic mass is 10.2. The van der Waals surface area contributed by atoms with Crippen LogP contribution in [0.2, 0.25) is 0 Å². The van der Waals surface area contributed by atoms with Gasteiger partial charge in [0.2, 0.25) is 0 Å². The first-order valence-electron chi connectivity index (χ1n) is 5.48. The minimum Gasteiger partial charge on any atom is -0.463 e. The van der Waals surface area contributed by atoms with Crippen LogP contribution in [0.5, 0.6) is 0 Å². The van der Waals surface area contributed by atoms with Crippen LogP contribution < -0.4 is 0 Å². The second-order valence-electron chi connectivity index (χ2n) is 4.27. The van der Waals surface area contributed by atoms with E-state index in [1.165, 1.54) is 0 Å². The SMILES string of the molecule is Cc1ccc(C(O)c2c(Br)cnn2C(C)C)o1. The van der Waals surface area contributed by atoms with Gasteiger partial charge in [-0.1, -0.05) is 0 Å². The highest BCUT2D eigenvalue weighted by Crippen LogP contribution is 2.31. The van der Waals surface area contributed by atoms with E-state index in [2.05, 4.69) is 21.0 Å². The van der Waals surface area contributed by atoms with Crippen LogP contribution in [-0.4, -0.2) is 14.9 Å². The van der Waals surface area contributed by atoms with Crippen LogP contribution in [-0.2, 0) is 0 Å². The number of rotatable bonds is 3. The van der Waals surface area contributed by atoms with E-state index in [4.69, 9.17) is 4.42 Å². The number of hydrogen-bond acceptors (Lipinski definition) is 3. The maximum Gasteiger partial charge on any atom is 0.154 e. The highest BCUT2D eigenvalue weighted by Gasteiger charge is 2.23. The van der Waals surface area contributed by atoms with Crippen LogP contribution in [0.15, 0.2) is 27.2 Å². The van der Waals surface area contributed by atoms with Crippen LogP contribution in [0.1, 0.15) is 43.2 Å². The standard InChI is InChI=1S/C12H15BrN2O2/c1-7(2)15-11(9(13)6-14-15)12(16)10-5-4-8(3)17-10/h4-7,12,16H,1-3H3. The van der Waals surface area contributed by atoms with Gasteiger partial charge in [0.1, 0.15) is 11.5 Å². The molecule has 0 amide bonds. The van der Waals surface area contributed by atoms with Crippen molar-refractivity contribution in [2.24, 2.45) is 0 Å². The van der Waals surface area contributed by atoms with Gasteiger partial charge in [0, 0.05) is 6.04 Å². The largest absolute Gasteiger partial charge is 0.463 e. The van der Waals surface area contributed by atoms with E-state index in [0.29, 0.717) is 11.5 Å². The average molecular weight is 299 g/mol. The molecule has 2 rings (SSSR count). The van der Waals surface area contributed by atoms with Gasteiger partial charge in [-0.05, 0) is 48.8 Å².